The number of nitriles is 1. The standard InChI is InChI=1S/C33H42N4O4/c1-20-9-10-21(2)37(31(40)41-32(3,4)5)28(20)29(38)35-25(19-34)17-22-11-13-23(14-12-22)24-15-16-26-27(18-24)36(8)30(39)33(26,6)7/h11-16,18,20-21,25,28H,9-10,17H2,1-8H3,(H,35,38)/t20-,21+,25+,28+/m1/s1. The fourth-order valence-corrected chi connectivity index (χ4v) is 5.96. The van der Waals surface area contributed by atoms with Gasteiger partial charge < -0.3 is 15.0 Å². The summed E-state index contributed by atoms with van der Waals surface area (Å²) in [4.78, 5) is 42.5. The van der Waals surface area contributed by atoms with Crippen LogP contribution in [0.1, 0.15) is 72.4 Å². The number of hydrogen-bond donors (Lipinski definition) is 1. The van der Waals surface area contributed by atoms with E-state index in [1.165, 1.54) is 0 Å². The predicted octanol–water partition coefficient (Wildman–Crippen LogP) is 5.58. The fourth-order valence-electron chi connectivity index (χ4n) is 5.96. The highest BCUT2D eigenvalue weighted by Gasteiger charge is 2.43. The summed E-state index contributed by atoms with van der Waals surface area (Å²) in [5.74, 6) is -0.321. The minimum absolute atomic E-state index is 0.0652. The van der Waals surface area contributed by atoms with Crippen LogP contribution < -0.4 is 10.2 Å². The zero-order valence-electron chi connectivity index (χ0n) is 25.4. The van der Waals surface area contributed by atoms with Crippen molar-refractivity contribution in [2.75, 3.05) is 11.9 Å². The maximum Gasteiger partial charge on any atom is 0.411 e. The van der Waals surface area contributed by atoms with Gasteiger partial charge in [-0.1, -0.05) is 43.3 Å². The third-order valence-electron chi connectivity index (χ3n) is 8.30. The zero-order chi connectivity index (χ0) is 30.3. The van der Waals surface area contributed by atoms with Crippen LogP contribution in [0.3, 0.4) is 0 Å². The van der Waals surface area contributed by atoms with Crippen LogP contribution in [-0.4, -0.2) is 53.6 Å². The molecule has 0 saturated carbocycles. The Bertz CT molecular complexity index is 1370. The van der Waals surface area contributed by atoms with E-state index in [1.54, 1.807) is 37.6 Å². The summed E-state index contributed by atoms with van der Waals surface area (Å²) in [5, 5.41) is 12.8. The SMILES string of the molecule is C[C@@H]1CC[C@H](C)N(C(=O)OC(C)(C)C)[C@@H]1C(=O)N[C@H](C#N)Cc1ccc(-c2ccc3c(c2)N(C)C(=O)C3(C)C)cc1. The highest BCUT2D eigenvalue weighted by Crippen LogP contribution is 2.42. The highest BCUT2D eigenvalue weighted by molar-refractivity contribution is 6.07. The molecular weight excluding hydrogens is 516 g/mol. The first-order valence-electron chi connectivity index (χ1n) is 14.4. The Kier molecular flexibility index (Phi) is 8.22. The Hall–Kier alpha value is -3.86. The molecule has 2 aromatic rings. The summed E-state index contributed by atoms with van der Waals surface area (Å²) in [6.07, 6.45) is 1.42. The number of fused-ring (bicyclic) bond motifs is 1. The van der Waals surface area contributed by atoms with E-state index in [1.807, 2.05) is 70.2 Å². The number of piperidine rings is 1. The van der Waals surface area contributed by atoms with E-state index in [0.29, 0.717) is 6.42 Å². The average Bonchev–Trinajstić information content (AvgIpc) is 3.08. The fraction of sp³-hybridized carbons (Fsp3) is 0.515. The summed E-state index contributed by atoms with van der Waals surface area (Å²) < 4.78 is 5.62. The van der Waals surface area contributed by atoms with Gasteiger partial charge in [0.25, 0.3) is 0 Å². The van der Waals surface area contributed by atoms with Crippen LogP contribution in [0.2, 0.25) is 0 Å². The van der Waals surface area contributed by atoms with Crippen molar-refractivity contribution < 1.29 is 19.1 Å². The summed E-state index contributed by atoms with van der Waals surface area (Å²) in [7, 11) is 1.81. The van der Waals surface area contributed by atoms with E-state index < -0.39 is 29.2 Å². The summed E-state index contributed by atoms with van der Waals surface area (Å²) in [6, 6.07) is 14.6. The van der Waals surface area contributed by atoms with Gasteiger partial charge in [0, 0.05) is 25.2 Å². The number of carbonyl (C=O) groups is 3. The molecule has 0 unspecified atom stereocenters. The Labute approximate surface area is 243 Å². The van der Waals surface area contributed by atoms with Crippen molar-refractivity contribution in [1.82, 2.24) is 10.2 Å². The Morgan fingerprint density at radius 1 is 1.10 bits per heavy atom. The third kappa shape index (κ3) is 6.09. The number of ether oxygens (including phenoxy) is 1. The van der Waals surface area contributed by atoms with Crippen LogP contribution in [0.25, 0.3) is 11.1 Å². The first-order valence-corrected chi connectivity index (χ1v) is 14.4. The molecule has 8 heteroatoms. The molecule has 0 aliphatic carbocycles. The van der Waals surface area contributed by atoms with Gasteiger partial charge in [-0.25, -0.2) is 4.79 Å². The lowest BCUT2D eigenvalue weighted by Gasteiger charge is -2.43. The minimum atomic E-state index is -0.750. The number of benzene rings is 2. The first kappa shape index (κ1) is 30.1. The number of likely N-dealkylation sites (tertiary alicyclic amines) is 1. The third-order valence-corrected chi connectivity index (χ3v) is 8.30. The summed E-state index contributed by atoms with van der Waals surface area (Å²) >= 11 is 0. The second-order valence-corrected chi connectivity index (χ2v) is 13.0. The number of hydrogen-bond acceptors (Lipinski definition) is 5. The van der Waals surface area contributed by atoms with E-state index >= 15 is 0 Å². The predicted molar refractivity (Wildman–Crippen MR) is 159 cm³/mol. The molecule has 0 bridgehead atoms. The zero-order valence-corrected chi connectivity index (χ0v) is 25.4. The van der Waals surface area contributed by atoms with Gasteiger partial charge in [0.05, 0.1) is 11.5 Å². The van der Waals surface area contributed by atoms with Gasteiger partial charge in [0.15, 0.2) is 0 Å². The lowest BCUT2D eigenvalue weighted by molar-refractivity contribution is -0.131. The smallest absolute Gasteiger partial charge is 0.411 e. The molecule has 41 heavy (non-hydrogen) atoms. The molecule has 4 rings (SSSR count). The quantitative estimate of drug-likeness (QED) is 0.516. The maximum atomic E-state index is 13.5. The molecule has 2 aromatic carbocycles. The van der Waals surface area contributed by atoms with Gasteiger partial charge in [-0.15, -0.1) is 0 Å². The minimum Gasteiger partial charge on any atom is -0.444 e. The molecular formula is C33H42N4O4. The number of amides is 3. The summed E-state index contributed by atoms with van der Waals surface area (Å²) in [5.41, 5.74) is 3.62. The molecule has 4 atom stereocenters. The van der Waals surface area contributed by atoms with Crippen LogP contribution in [0.5, 0.6) is 0 Å². The molecule has 1 N–H and O–H groups in total. The van der Waals surface area contributed by atoms with Crippen molar-refractivity contribution in [3.05, 3.63) is 53.6 Å². The number of nitrogens with zero attached hydrogens (tertiary/aromatic N) is 3. The van der Waals surface area contributed by atoms with Crippen molar-refractivity contribution in [3.63, 3.8) is 0 Å². The first-order chi connectivity index (χ1) is 19.1. The van der Waals surface area contributed by atoms with Crippen molar-refractivity contribution in [2.45, 2.75) is 96.9 Å². The molecule has 2 aliphatic heterocycles. The molecule has 1 fully saturated rings. The van der Waals surface area contributed by atoms with Gasteiger partial charge in [0.1, 0.15) is 17.7 Å². The molecule has 218 valence electrons. The van der Waals surface area contributed by atoms with Crippen molar-refractivity contribution >= 4 is 23.6 Å². The van der Waals surface area contributed by atoms with Crippen LogP contribution >= 0.6 is 0 Å². The van der Waals surface area contributed by atoms with Crippen LogP contribution in [0, 0.1) is 17.2 Å². The second-order valence-electron chi connectivity index (χ2n) is 13.0. The number of likely N-dealkylation sites (N-methyl/N-ethyl adjacent to an activating group) is 1. The number of carbonyl (C=O) groups excluding carboxylic acids is 3. The lowest BCUT2D eigenvalue weighted by atomic mass is 9.85. The molecule has 2 heterocycles. The van der Waals surface area contributed by atoms with E-state index in [2.05, 4.69) is 11.4 Å². The largest absolute Gasteiger partial charge is 0.444 e. The Balaban J connectivity index is 1.46. The van der Waals surface area contributed by atoms with Crippen molar-refractivity contribution in [2.24, 2.45) is 5.92 Å². The summed E-state index contributed by atoms with van der Waals surface area (Å²) in [6.45, 7) is 13.2. The number of rotatable bonds is 5. The topological polar surface area (TPSA) is 103 Å². The monoisotopic (exact) mass is 558 g/mol. The van der Waals surface area contributed by atoms with Gasteiger partial charge in [-0.2, -0.15) is 5.26 Å². The van der Waals surface area contributed by atoms with Crippen LogP contribution in [0.4, 0.5) is 10.5 Å². The van der Waals surface area contributed by atoms with Crippen LogP contribution in [0.15, 0.2) is 42.5 Å². The number of nitrogens with one attached hydrogen (secondary N) is 1. The second kappa shape index (κ2) is 11.2. The number of anilines is 1. The Morgan fingerprint density at radius 3 is 2.34 bits per heavy atom. The van der Waals surface area contributed by atoms with Crippen LogP contribution in [-0.2, 0) is 26.2 Å². The van der Waals surface area contributed by atoms with Crippen molar-refractivity contribution in [1.29, 1.82) is 5.26 Å². The van der Waals surface area contributed by atoms with E-state index in [-0.39, 0.29) is 23.8 Å². The van der Waals surface area contributed by atoms with E-state index in [9.17, 15) is 19.6 Å². The van der Waals surface area contributed by atoms with Gasteiger partial charge in [0.2, 0.25) is 11.8 Å². The van der Waals surface area contributed by atoms with Crippen molar-refractivity contribution in [3.8, 4) is 17.2 Å². The molecule has 0 spiro atoms. The maximum absolute atomic E-state index is 13.5. The van der Waals surface area contributed by atoms with Gasteiger partial charge in [-0.3, -0.25) is 14.5 Å². The van der Waals surface area contributed by atoms with E-state index in [4.69, 9.17) is 4.74 Å². The molecule has 0 radical (unpaired) electrons. The highest BCUT2D eigenvalue weighted by atomic mass is 16.6. The molecule has 8 nitrogen and oxygen atoms in total. The molecule has 1 saturated heterocycles. The molecule has 3 amide bonds. The molecule has 2 aliphatic rings. The van der Waals surface area contributed by atoms with Gasteiger partial charge in [-0.05, 0) is 88.6 Å². The lowest BCUT2D eigenvalue weighted by Crippen LogP contribution is -2.60. The normalized spacial score (nSPS) is 22.5. The van der Waals surface area contributed by atoms with Gasteiger partial charge >= 0.3 is 6.09 Å². The Morgan fingerprint density at radius 2 is 1.73 bits per heavy atom. The average molecular weight is 559 g/mol. The van der Waals surface area contributed by atoms with E-state index in [0.717, 1.165) is 40.8 Å². The molecule has 0 aromatic heterocycles.